The molecule has 1 nitrogen and oxygen atoms in total. The van der Waals surface area contributed by atoms with Crippen molar-refractivity contribution in [2.75, 3.05) is 6.54 Å². The van der Waals surface area contributed by atoms with Crippen LogP contribution in [0.5, 0.6) is 0 Å². The molecule has 0 saturated heterocycles. The van der Waals surface area contributed by atoms with Gasteiger partial charge in [-0.05, 0) is 69.7 Å². The molecular formula is C17H35N. The van der Waals surface area contributed by atoms with Gasteiger partial charge in [0.1, 0.15) is 0 Å². The molecule has 1 aliphatic carbocycles. The summed E-state index contributed by atoms with van der Waals surface area (Å²) in [4.78, 5) is 0. The monoisotopic (exact) mass is 253 g/mol. The summed E-state index contributed by atoms with van der Waals surface area (Å²) in [5.41, 5.74) is 0.252. The van der Waals surface area contributed by atoms with E-state index in [1.807, 2.05) is 0 Å². The molecular weight excluding hydrogens is 218 g/mol. The van der Waals surface area contributed by atoms with Crippen LogP contribution in [-0.2, 0) is 0 Å². The number of hydrogen-bond donors (Lipinski definition) is 1. The van der Waals surface area contributed by atoms with E-state index in [4.69, 9.17) is 0 Å². The van der Waals surface area contributed by atoms with Gasteiger partial charge in [-0.15, -0.1) is 0 Å². The van der Waals surface area contributed by atoms with E-state index in [9.17, 15) is 0 Å². The molecule has 0 aromatic rings. The predicted molar refractivity (Wildman–Crippen MR) is 81.8 cm³/mol. The predicted octanol–water partition coefficient (Wildman–Crippen LogP) is 4.72. The minimum Gasteiger partial charge on any atom is -0.312 e. The van der Waals surface area contributed by atoms with Gasteiger partial charge < -0.3 is 5.32 Å². The summed E-state index contributed by atoms with van der Waals surface area (Å²) >= 11 is 0. The topological polar surface area (TPSA) is 12.0 Å². The van der Waals surface area contributed by atoms with Gasteiger partial charge in [0.25, 0.3) is 0 Å². The molecule has 1 N–H and O–H groups in total. The molecule has 18 heavy (non-hydrogen) atoms. The van der Waals surface area contributed by atoms with Crippen molar-refractivity contribution in [3.63, 3.8) is 0 Å². The molecule has 1 fully saturated rings. The van der Waals surface area contributed by atoms with Crippen molar-refractivity contribution in [3.8, 4) is 0 Å². The molecule has 1 rings (SSSR count). The van der Waals surface area contributed by atoms with Crippen molar-refractivity contribution in [1.82, 2.24) is 5.32 Å². The molecule has 0 spiro atoms. The van der Waals surface area contributed by atoms with Gasteiger partial charge >= 0.3 is 0 Å². The van der Waals surface area contributed by atoms with Crippen molar-refractivity contribution in [1.29, 1.82) is 0 Å². The van der Waals surface area contributed by atoms with Gasteiger partial charge in [-0.1, -0.05) is 34.1 Å². The van der Waals surface area contributed by atoms with E-state index in [2.05, 4.69) is 53.8 Å². The fourth-order valence-electron chi connectivity index (χ4n) is 3.18. The highest BCUT2D eigenvalue weighted by molar-refractivity contribution is 4.82. The number of nitrogens with one attached hydrogen (secondary N) is 1. The first-order valence-electron chi connectivity index (χ1n) is 7.95. The fourth-order valence-corrected chi connectivity index (χ4v) is 3.18. The number of rotatable bonds is 4. The Bertz CT molecular complexity index is 240. The second-order valence-electron chi connectivity index (χ2n) is 8.00. The van der Waals surface area contributed by atoms with Crippen molar-refractivity contribution >= 4 is 0 Å². The van der Waals surface area contributed by atoms with Crippen LogP contribution in [0.4, 0.5) is 0 Å². The van der Waals surface area contributed by atoms with Gasteiger partial charge in [0.2, 0.25) is 0 Å². The maximum absolute atomic E-state index is 3.66. The number of hydrogen-bond acceptors (Lipinski definition) is 1. The van der Waals surface area contributed by atoms with E-state index in [-0.39, 0.29) is 5.54 Å². The van der Waals surface area contributed by atoms with E-state index < -0.39 is 0 Å². The molecule has 1 saturated carbocycles. The van der Waals surface area contributed by atoms with Crippen LogP contribution in [0.25, 0.3) is 0 Å². The second kappa shape index (κ2) is 6.41. The molecule has 0 bridgehead atoms. The van der Waals surface area contributed by atoms with Gasteiger partial charge in [-0.3, -0.25) is 0 Å². The maximum atomic E-state index is 3.66. The van der Waals surface area contributed by atoms with Crippen molar-refractivity contribution < 1.29 is 0 Å². The lowest BCUT2D eigenvalue weighted by Gasteiger charge is -2.38. The standard InChI is InChI=1S/C17H35N/c1-12-8-9-16(10-13(12)2)15(4)14(3)11-18-17(5,6)7/h12-16,18H,8-11H2,1-7H3. The first-order chi connectivity index (χ1) is 8.20. The Morgan fingerprint density at radius 3 is 2.17 bits per heavy atom. The summed E-state index contributed by atoms with van der Waals surface area (Å²) in [5, 5.41) is 3.66. The lowest BCUT2D eigenvalue weighted by atomic mass is 9.69. The average molecular weight is 253 g/mol. The summed E-state index contributed by atoms with van der Waals surface area (Å²) in [6.45, 7) is 17.7. The molecule has 5 unspecified atom stereocenters. The summed E-state index contributed by atoms with van der Waals surface area (Å²) < 4.78 is 0. The third-order valence-corrected chi connectivity index (χ3v) is 5.23. The molecule has 1 aliphatic rings. The Morgan fingerprint density at radius 1 is 1.06 bits per heavy atom. The molecule has 0 amide bonds. The van der Waals surface area contributed by atoms with Crippen molar-refractivity contribution in [2.45, 2.75) is 73.3 Å². The third kappa shape index (κ3) is 4.91. The molecule has 1 heteroatoms. The van der Waals surface area contributed by atoms with E-state index in [0.29, 0.717) is 0 Å². The Hall–Kier alpha value is -0.0400. The van der Waals surface area contributed by atoms with Gasteiger partial charge in [0, 0.05) is 5.54 Å². The van der Waals surface area contributed by atoms with Crippen molar-refractivity contribution in [2.24, 2.45) is 29.6 Å². The van der Waals surface area contributed by atoms with Crippen LogP contribution < -0.4 is 5.32 Å². The largest absolute Gasteiger partial charge is 0.312 e. The van der Waals surface area contributed by atoms with Crippen LogP contribution in [0.15, 0.2) is 0 Å². The Morgan fingerprint density at radius 2 is 1.67 bits per heavy atom. The summed E-state index contributed by atoms with van der Waals surface area (Å²) in [6, 6.07) is 0. The Kier molecular flexibility index (Phi) is 5.70. The van der Waals surface area contributed by atoms with E-state index in [1.165, 1.54) is 19.3 Å². The summed E-state index contributed by atoms with van der Waals surface area (Å²) in [6.07, 6.45) is 4.34. The third-order valence-electron chi connectivity index (χ3n) is 5.23. The van der Waals surface area contributed by atoms with Gasteiger partial charge in [0.05, 0.1) is 0 Å². The highest BCUT2D eigenvalue weighted by Gasteiger charge is 2.30. The first-order valence-corrected chi connectivity index (χ1v) is 7.95. The van der Waals surface area contributed by atoms with Crippen LogP contribution in [-0.4, -0.2) is 12.1 Å². The maximum Gasteiger partial charge on any atom is 0.00966 e. The zero-order valence-corrected chi connectivity index (χ0v) is 13.7. The molecule has 0 aliphatic heterocycles. The van der Waals surface area contributed by atoms with E-state index in [0.717, 1.165) is 36.1 Å². The van der Waals surface area contributed by atoms with Crippen LogP contribution in [0.2, 0.25) is 0 Å². The molecule has 0 heterocycles. The molecule has 5 atom stereocenters. The zero-order valence-electron chi connectivity index (χ0n) is 13.7. The minimum atomic E-state index is 0.252. The highest BCUT2D eigenvalue weighted by atomic mass is 14.9. The van der Waals surface area contributed by atoms with Crippen molar-refractivity contribution in [3.05, 3.63) is 0 Å². The Labute approximate surface area is 115 Å². The average Bonchev–Trinajstić information content (AvgIpc) is 2.27. The van der Waals surface area contributed by atoms with E-state index >= 15 is 0 Å². The Balaban J connectivity index is 2.41. The summed E-state index contributed by atoms with van der Waals surface area (Å²) in [5.74, 6) is 4.46. The second-order valence-corrected chi connectivity index (χ2v) is 8.00. The highest BCUT2D eigenvalue weighted by Crippen LogP contribution is 2.39. The first kappa shape index (κ1) is 16.0. The fraction of sp³-hybridized carbons (Fsp3) is 1.00. The lowest BCUT2D eigenvalue weighted by molar-refractivity contribution is 0.130. The molecule has 0 aromatic carbocycles. The SMILES string of the molecule is CC1CCC(C(C)C(C)CNC(C)(C)C)CC1C. The van der Waals surface area contributed by atoms with E-state index in [1.54, 1.807) is 0 Å². The lowest BCUT2D eigenvalue weighted by Crippen LogP contribution is -2.41. The quantitative estimate of drug-likeness (QED) is 0.764. The zero-order chi connectivity index (χ0) is 13.9. The minimum absolute atomic E-state index is 0.252. The van der Waals surface area contributed by atoms with Crippen LogP contribution in [0.1, 0.15) is 67.7 Å². The van der Waals surface area contributed by atoms with Crippen LogP contribution in [0, 0.1) is 29.6 Å². The molecule has 108 valence electrons. The normalized spacial score (nSPS) is 33.2. The van der Waals surface area contributed by atoms with Gasteiger partial charge in [-0.2, -0.15) is 0 Å². The van der Waals surface area contributed by atoms with Gasteiger partial charge in [0.15, 0.2) is 0 Å². The van der Waals surface area contributed by atoms with Crippen LogP contribution >= 0.6 is 0 Å². The van der Waals surface area contributed by atoms with Crippen LogP contribution in [0.3, 0.4) is 0 Å². The summed E-state index contributed by atoms with van der Waals surface area (Å²) in [7, 11) is 0. The molecule has 0 radical (unpaired) electrons. The van der Waals surface area contributed by atoms with Gasteiger partial charge in [-0.25, -0.2) is 0 Å². The molecule has 0 aromatic heterocycles. The smallest absolute Gasteiger partial charge is 0.00966 e.